The zero-order valence-corrected chi connectivity index (χ0v) is 24.0. The summed E-state index contributed by atoms with van der Waals surface area (Å²) in [7, 11) is -4.11. The molecule has 8 nitrogen and oxygen atoms in total. The smallest absolute Gasteiger partial charge is 0.264 e. The van der Waals surface area contributed by atoms with Crippen molar-refractivity contribution >= 4 is 39.3 Å². The van der Waals surface area contributed by atoms with Crippen LogP contribution in [-0.2, 0) is 19.6 Å². The van der Waals surface area contributed by atoms with Crippen LogP contribution in [-0.4, -0.2) is 50.2 Å². The summed E-state index contributed by atoms with van der Waals surface area (Å²) in [6, 6.07) is 12.4. The molecule has 1 fully saturated rings. The van der Waals surface area contributed by atoms with Crippen LogP contribution in [0, 0.1) is 11.3 Å². The summed E-state index contributed by atoms with van der Waals surface area (Å²) in [5, 5.41) is 3.49. The van der Waals surface area contributed by atoms with Crippen LogP contribution in [0.15, 0.2) is 53.4 Å². The highest BCUT2D eigenvalue weighted by Crippen LogP contribution is 2.42. The number of piperidine rings is 1. The molecule has 10 heteroatoms. The number of nitrogens with zero attached hydrogens (tertiary/aromatic N) is 1. The van der Waals surface area contributed by atoms with Crippen LogP contribution >= 0.6 is 11.6 Å². The molecule has 2 N–H and O–H groups in total. The summed E-state index contributed by atoms with van der Waals surface area (Å²) in [4.78, 5) is 39.9. The average Bonchev–Trinajstić information content (AvgIpc) is 2.86. The van der Waals surface area contributed by atoms with Crippen LogP contribution in [0.2, 0.25) is 5.02 Å². The van der Waals surface area contributed by atoms with Gasteiger partial charge in [-0.25, -0.2) is 13.1 Å². The van der Waals surface area contributed by atoms with Gasteiger partial charge in [-0.3, -0.25) is 14.4 Å². The Hall–Kier alpha value is -2.91. The molecule has 2 aromatic rings. The van der Waals surface area contributed by atoms with Gasteiger partial charge in [-0.15, -0.1) is 0 Å². The lowest BCUT2D eigenvalue weighted by Crippen LogP contribution is -2.55. The third-order valence-corrected chi connectivity index (χ3v) is 8.63. The lowest BCUT2D eigenvalue weighted by atomic mass is 9.70. The maximum atomic E-state index is 13.6. The second-order valence-electron chi connectivity index (χ2n) is 10.7. The van der Waals surface area contributed by atoms with Crippen LogP contribution in [0.4, 0.5) is 0 Å². The number of carbonyl (C=O) groups is 3. The summed E-state index contributed by atoms with van der Waals surface area (Å²) in [5.41, 5.74) is 1.07. The maximum Gasteiger partial charge on any atom is 0.264 e. The Labute approximate surface area is 230 Å². The van der Waals surface area contributed by atoms with Gasteiger partial charge >= 0.3 is 0 Å². The highest BCUT2D eigenvalue weighted by molar-refractivity contribution is 7.90. The first-order valence-corrected chi connectivity index (χ1v) is 14.6. The molecule has 0 aliphatic carbocycles. The summed E-state index contributed by atoms with van der Waals surface area (Å²) < 4.78 is 27.0. The molecule has 0 spiro atoms. The topological polar surface area (TPSA) is 113 Å². The fourth-order valence-corrected chi connectivity index (χ4v) is 6.11. The molecule has 0 radical (unpaired) electrons. The van der Waals surface area contributed by atoms with Crippen LogP contribution in [0.1, 0.15) is 69.3 Å². The highest BCUT2D eigenvalue weighted by atomic mass is 35.5. The van der Waals surface area contributed by atoms with Crippen LogP contribution in [0.3, 0.4) is 0 Å². The molecule has 2 aromatic carbocycles. The molecule has 206 valence electrons. The Morgan fingerprint density at radius 2 is 1.76 bits per heavy atom. The van der Waals surface area contributed by atoms with E-state index in [0.29, 0.717) is 18.1 Å². The van der Waals surface area contributed by atoms with Crippen molar-refractivity contribution in [2.75, 3.05) is 13.1 Å². The Kier molecular flexibility index (Phi) is 9.26. The summed E-state index contributed by atoms with van der Waals surface area (Å²) in [6.07, 6.45) is 0.786. The van der Waals surface area contributed by atoms with Gasteiger partial charge in [0.15, 0.2) is 0 Å². The second kappa shape index (κ2) is 11.9. The standard InChI is InChI=1S/C28H36ClN3O5S/c1-6-24(33)31-38(36,37)22-9-7-8-20(16-22)26(34)30-25(18(2)3)27(35)32-15-14-23(28(4,5)17-32)19-10-12-21(29)13-11-19/h7-13,16,18,23,25H,6,14-15,17H2,1-5H3,(H,30,34)(H,31,33)/t23?,25-/m1/s1. The molecule has 1 aliphatic heterocycles. The Balaban J connectivity index is 1.75. The van der Waals surface area contributed by atoms with E-state index in [1.165, 1.54) is 29.8 Å². The molecule has 3 amide bonds. The predicted octanol–water partition coefficient (Wildman–Crippen LogP) is 4.35. The minimum atomic E-state index is -4.11. The van der Waals surface area contributed by atoms with E-state index in [4.69, 9.17) is 11.6 Å². The molecule has 0 bridgehead atoms. The normalized spacial score (nSPS) is 18.1. The van der Waals surface area contributed by atoms with Crippen molar-refractivity contribution in [3.8, 4) is 0 Å². The Morgan fingerprint density at radius 1 is 1.11 bits per heavy atom. The molecule has 0 aromatic heterocycles. The molecule has 2 atom stereocenters. The molecule has 38 heavy (non-hydrogen) atoms. The summed E-state index contributed by atoms with van der Waals surface area (Å²) in [6.45, 7) is 10.6. The zero-order chi connectivity index (χ0) is 28.3. The first-order chi connectivity index (χ1) is 17.7. The number of carbonyl (C=O) groups excluding carboxylic acids is 3. The number of rotatable bonds is 8. The Bertz CT molecular complexity index is 1290. The molecular weight excluding hydrogens is 526 g/mol. The maximum absolute atomic E-state index is 13.6. The largest absolute Gasteiger partial charge is 0.340 e. The number of sulfonamides is 1. The van der Waals surface area contributed by atoms with E-state index in [2.05, 4.69) is 19.2 Å². The van der Waals surface area contributed by atoms with Crippen molar-refractivity contribution in [3.05, 3.63) is 64.7 Å². The van der Waals surface area contributed by atoms with Gasteiger partial charge in [0, 0.05) is 30.1 Å². The fraction of sp³-hybridized carbons (Fsp3) is 0.464. The number of nitrogens with one attached hydrogen (secondary N) is 2. The summed E-state index contributed by atoms with van der Waals surface area (Å²) in [5.74, 6) is -1.32. The van der Waals surface area contributed by atoms with Crippen molar-refractivity contribution in [1.82, 2.24) is 14.9 Å². The highest BCUT2D eigenvalue weighted by Gasteiger charge is 2.40. The van der Waals surface area contributed by atoms with Gasteiger partial charge in [0.2, 0.25) is 11.8 Å². The molecule has 0 saturated carbocycles. The van der Waals surface area contributed by atoms with Gasteiger partial charge in [0.05, 0.1) is 4.90 Å². The number of hydrogen-bond acceptors (Lipinski definition) is 5. The van der Waals surface area contributed by atoms with Crippen molar-refractivity contribution in [2.45, 2.75) is 64.3 Å². The molecule has 3 rings (SSSR count). The predicted molar refractivity (Wildman–Crippen MR) is 147 cm³/mol. The van der Waals surface area contributed by atoms with Crippen molar-refractivity contribution < 1.29 is 22.8 Å². The second-order valence-corrected chi connectivity index (χ2v) is 12.9. The molecule has 1 aliphatic rings. The van der Waals surface area contributed by atoms with E-state index >= 15 is 0 Å². The Morgan fingerprint density at radius 3 is 2.34 bits per heavy atom. The van der Waals surface area contributed by atoms with E-state index in [-0.39, 0.29) is 40.0 Å². The zero-order valence-electron chi connectivity index (χ0n) is 22.5. The molecule has 1 saturated heterocycles. The van der Waals surface area contributed by atoms with Crippen LogP contribution in [0.5, 0.6) is 0 Å². The van der Waals surface area contributed by atoms with E-state index in [9.17, 15) is 22.8 Å². The molecule has 1 unspecified atom stereocenters. The average molecular weight is 562 g/mol. The lowest BCUT2D eigenvalue weighted by Gasteiger charge is -2.45. The van der Waals surface area contributed by atoms with Gasteiger partial charge in [0.1, 0.15) is 6.04 Å². The molecular formula is C28H36ClN3O5S. The number of hydrogen-bond donors (Lipinski definition) is 2. The van der Waals surface area contributed by atoms with Crippen molar-refractivity contribution in [3.63, 3.8) is 0 Å². The van der Waals surface area contributed by atoms with Gasteiger partial charge in [-0.1, -0.05) is 64.4 Å². The number of amides is 3. The van der Waals surface area contributed by atoms with E-state index in [1.54, 1.807) is 11.8 Å². The lowest BCUT2D eigenvalue weighted by molar-refractivity contribution is -0.138. The van der Waals surface area contributed by atoms with Gasteiger partial charge in [-0.05, 0) is 59.6 Å². The SMILES string of the molecule is CCC(=O)NS(=O)(=O)c1cccc(C(=O)N[C@@H](C(=O)N2CCC(c3ccc(Cl)cc3)C(C)(C)C2)C(C)C)c1. The monoisotopic (exact) mass is 561 g/mol. The third kappa shape index (κ3) is 6.94. The van der Waals surface area contributed by atoms with E-state index < -0.39 is 27.9 Å². The van der Waals surface area contributed by atoms with Crippen LogP contribution in [0.25, 0.3) is 0 Å². The van der Waals surface area contributed by atoms with E-state index in [1.807, 2.05) is 42.8 Å². The van der Waals surface area contributed by atoms with Crippen molar-refractivity contribution in [2.24, 2.45) is 11.3 Å². The fourth-order valence-electron chi connectivity index (χ4n) is 4.88. The van der Waals surface area contributed by atoms with Gasteiger partial charge in [0.25, 0.3) is 15.9 Å². The number of likely N-dealkylation sites (tertiary alicyclic amines) is 1. The van der Waals surface area contributed by atoms with Crippen molar-refractivity contribution in [1.29, 1.82) is 0 Å². The minimum absolute atomic E-state index is 0.00530. The molecule has 1 heterocycles. The van der Waals surface area contributed by atoms with E-state index in [0.717, 1.165) is 6.42 Å². The minimum Gasteiger partial charge on any atom is -0.340 e. The third-order valence-electron chi connectivity index (χ3n) is 7.01. The summed E-state index contributed by atoms with van der Waals surface area (Å²) >= 11 is 6.06. The van der Waals surface area contributed by atoms with Gasteiger partial charge in [-0.2, -0.15) is 0 Å². The first-order valence-electron chi connectivity index (χ1n) is 12.8. The first kappa shape index (κ1) is 29.6. The quantitative estimate of drug-likeness (QED) is 0.497. The van der Waals surface area contributed by atoms with Gasteiger partial charge < -0.3 is 10.2 Å². The number of halogens is 1. The van der Waals surface area contributed by atoms with Crippen LogP contribution < -0.4 is 10.0 Å². The number of benzene rings is 2.